The maximum absolute atomic E-state index is 6.15. The predicted octanol–water partition coefficient (Wildman–Crippen LogP) is 2.39. The molecule has 1 N–H and O–H groups in total. The lowest BCUT2D eigenvalue weighted by Crippen LogP contribution is -2.28. The minimum atomic E-state index is 0.737. The van der Waals surface area contributed by atoms with Gasteiger partial charge in [0.05, 0.1) is 7.11 Å². The van der Waals surface area contributed by atoms with Crippen LogP contribution in [0, 0.1) is 0 Å². The summed E-state index contributed by atoms with van der Waals surface area (Å²) in [5.74, 6) is 0.842. The Morgan fingerprint density at radius 2 is 2.18 bits per heavy atom. The molecule has 0 spiro atoms. The van der Waals surface area contributed by atoms with Crippen LogP contribution in [-0.2, 0) is 6.54 Å². The van der Waals surface area contributed by atoms with Crippen molar-refractivity contribution in [1.29, 1.82) is 0 Å². The fraction of sp³-hybridized carbons (Fsp3) is 0.538. The molecule has 0 aliphatic heterocycles. The average molecular weight is 257 g/mol. The highest BCUT2D eigenvalue weighted by Crippen LogP contribution is 2.25. The van der Waals surface area contributed by atoms with Gasteiger partial charge in [-0.05, 0) is 25.7 Å². The van der Waals surface area contributed by atoms with Crippen LogP contribution in [0.25, 0.3) is 0 Å². The van der Waals surface area contributed by atoms with E-state index in [1.54, 1.807) is 7.11 Å². The number of benzene rings is 1. The molecule has 0 radical (unpaired) electrons. The SMILES string of the molecule is CCN(C)CCNCc1c(Cl)cccc1OC. The summed E-state index contributed by atoms with van der Waals surface area (Å²) in [6.07, 6.45) is 0. The lowest BCUT2D eigenvalue weighted by atomic mass is 10.2. The van der Waals surface area contributed by atoms with E-state index in [0.717, 1.165) is 42.5 Å². The van der Waals surface area contributed by atoms with Crippen LogP contribution in [-0.4, -0.2) is 38.7 Å². The monoisotopic (exact) mass is 256 g/mol. The Hall–Kier alpha value is -0.770. The molecular formula is C13H21ClN2O. The average Bonchev–Trinajstić information content (AvgIpc) is 2.35. The Morgan fingerprint density at radius 1 is 1.41 bits per heavy atom. The van der Waals surface area contributed by atoms with Gasteiger partial charge in [-0.1, -0.05) is 24.6 Å². The Kier molecular flexibility index (Phi) is 6.34. The highest BCUT2D eigenvalue weighted by atomic mass is 35.5. The van der Waals surface area contributed by atoms with E-state index in [4.69, 9.17) is 16.3 Å². The fourth-order valence-electron chi connectivity index (χ4n) is 1.54. The summed E-state index contributed by atoms with van der Waals surface area (Å²) >= 11 is 6.15. The molecule has 0 aliphatic carbocycles. The number of methoxy groups -OCH3 is 1. The molecule has 0 bridgehead atoms. The summed E-state index contributed by atoms with van der Waals surface area (Å²) in [5, 5.41) is 4.13. The van der Waals surface area contributed by atoms with Gasteiger partial charge in [-0.2, -0.15) is 0 Å². The van der Waals surface area contributed by atoms with Crippen molar-refractivity contribution in [3.8, 4) is 5.75 Å². The van der Waals surface area contributed by atoms with Gasteiger partial charge >= 0.3 is 0 Å². The Morgan fingerprint density at radius 3 is 2.82 bits per heavy atom. The summed E-state index contributed by atoms with van der Waals surface area (Å²) in [5.41, 5.74) is 1.02. The molecule has 0 saturated carbocycles. The highest BCUT2D eigenvalue weighted by molar-refractivity contribution is 6.31. The van der Waals surface area contributed by atoms with Crippen molar-refractivity contribution in [2.24, 2.45) is 0 Å². The third kappa shape index (κ3) is 4.54. The first-order valence-corrected chi connectivity index (χ1v) is 6.27. The third-order valence-corrected chi connectivity index (χ3v) is 3.16. The number of halogens is 1. The van der Waals surface area contributed by atoms with E-state index in [-0.39, 0.29) is 0 Å². The molecule has 0 unspecified atom stereocenters. The van der Waals surface area contributed by atoms with Crippen LogP contribution in [0.4, 0.5) is 0 Å². The van der Waals surface area contributed by atoms with E-state index >= 15 is 0 Å². The Balaban J connectivity index is 2.46. The van der Waals surface area contributed by atoms with Gasteiger partial charge < -0.3 is 15.0 Å². The molecule has 17 heavy (non-hydrogen) atoms. The minimum absolute atomic E-state index is 0.737. The van der Waals surface area contributed by atoms with Crippen molar-refractivity contribution in [3.63, 3.8) is 0 Å². The molecule has 3 nitrogen and oxygen atoms in total. The van der Waals surface area contributed by atoms with Crippen molar-refractivity contribution in [2.75, 3.05) is 33.8 Å². The first-order chi connectivity index (χ1) is 8.19. The summed E-state index contributed by atoms with van der Waals surface area (Å²) in [6.45, 7) is 5.93. The van der Waals surface area contributed by atoms with Crippen LogP contribution < -0.4 is 10.1 Å². The summed E-state index contributed by atoms with van der Waals surface area (Å²) in [6, 6.07) is 5.72. The zero-order chi connectivity index (χ0) is 12.7. The molecule has 0 saturated heterocycles. The summed E-state index contributed by atoms with van der Waals surface area (Å²) in [4.78, 5) is 2.26. The first-order valence-electron chi connectivity index (χ1n) is 5.89. The quantitative estimate of drug-likeness (QED) is 0.759. The van der Waals surface area contributed by atoms with Crippen LogP contribution in [0.15, 0.2) is 18.2 Å². The second-order valence-electron chi connectivity index (χ2n) is 3.99. The van der Waals surface area contributed by atoms with Gasteiger partial charge in [0.2, 0.25) is 0 Å². The molecule has 4 heteroatoms. The van der Waals surface area contributed by atoms with Crippen molar-refractivity contribution < 1.29 is 4.74 Å². The van der Waals surface area contributed by atoms with Gasteiger partial charge in [0.15, 0.2) is 0 Å². The highest BCUT2D eigenvalue weighted by Gasteiger charge is 2.06. The zero-order valence-corrected chi connectivity index (χ0v) is 11.5. The maximum atomic E-state index is 6.15. The second kappa shape index (κ2) is 7.54. The van der Waals surface area contributed by atoms with Gasteiger partial charge in [0.1, 0.15) is 5.75 Å². The molecule has 0 amide bonds. The van der Waals surface area contributed by atoms with E-state index < -0.39 is 0 Å². The number of hydrogen-bond donors (Lipinski definition) is 1. The molecular weight excluding hydrogens is 236 g/mol. The molecule has 96 valence electrons. The van der Waals surface area contributed by atoms with E-state index in [2.05, 4.69) is 24.2 Å². The predicted molar refractivity (Wildman–Crippen MR) is 72.9 cm³/mol. The largest absolute Gasteiger partial charge is 0.496 e. The van der Waals surface area contributed by atoms with Crippen LogP contribution in [0.3, 0.4) is 0 Å². The van der Waals surface area contributed by atoms with Crippen LogP contribution >= 0.6 is 11.6 Å². The molecule has 0 atom stereocenters. The number of likely N-dealkylation sites (N-methyl/N-ethyl adjacent to an activating group) is 1. The zero-order valence-electron chi connectivity index (χ0n) is 10.8. The third-order valence-electron chi connectivity index (χ3n) is 2.81. The maximum Gasteiger partial charge on any atom is 0.124 e. The van der Waals surface area contributed by atoms with Gasteiger partial charge in [0.25, 0.3) is 0 Å². The van der Waals surface area contributed by atoms with Gasteiger partial charge in [0, 0.05) is 30.2 Å². The fourth-order valence-corrected chi connectivity index (χ4v) is 1.78. The van der Waals surface area contributed by atoms with Crippen molar-refractivity contribution in [2.45, 2.75) is 13.5 Å². The van der Waals surface area contributed by atoms with Crippen molar-refractivity contribution in [1.82, 2.24) is 10.2 Å². The van der Waals surface area contributed by atoms with E-state index in [0.29, 0.717) is 0 Å². The number of rotatable bonds is 7. The molecule has 1 rings (SSSR count). The van der Waals surface area contributed by atoms with Gasteiger partial charge in [-0.25, -0.2) is 0 Å². The topological polar surface area (TPSA) is 24.5 Å². The van der Waals surface area contributed by atoms with Gasteiger partial charge in [-0.3, -0.25) is 0 Å². The molecule has 0 aliphatic rings. The van der Waals surface area contributed by atoms with Crippen LogP contribution in [0.1, 0.15) is 12.5 Å². The number of ether oxygens (including phenoxy) is 1. The first kappa shape index (κ1) is 14.3. The summed E-state index contributed by atoms with van der Waals surface area (Å²) in [7, 11) is 3.78. The standard InChI is InChI=1S/C13H21ClN2O/c1-4-16(2)9-8-15-10-11-12(14)6-5-7-13(11)17-3/h5-7,15H,4,8-10H2,1-3H3. The smallest absolute Gasteiger partial charge is 0.124 e. The number of hydrogen-bond acceptors (Lipinski definition) is 3. The molecule has 1 aromatic carbocycles. The Bertz CT molecular complexity index is 344. The summed E-state index contributed by atoms with van der Waals surface area (Å²) < 4.78 is 5.29. The number of nitrogens with one attached hydrogen (secondary N) is 1. The van der Waals surface area contributed by atoms with Crippen LogP contribution in [0.5, 0.6) is 5.75 Å². The lowest BCUT2D eigenvalue weighted by molar-refractivity contribution is 0.348. The number of nitrogens with zero attached hydrogens (tertiary/aromatic N) is 1. The van der Waals surface area contributed by atoms with Crippen molar-refractivity contribution in [3.05, 3.63) is 28.8 Å². The molecule has 0 heterocycles. The normalized spacial score (nSPS) is 10.9. The molecule has 1 aromatic rings. The minimum Gasteiger partial charge on any atom is -0.496 e. The van der Waals surface area contributed by atoms with E-state index in [1.165, 1.54) is 0 Å². The molecule has 0 fully saturated rings. The van der Waals surface area contributed by atoms with Gasteiger partial charge in [-0.15, -0.1) is 0 Å². The van der Waals surface area contributed by atoms with E-state index in [1.807, 2.05) is 18.2 Å². The lowest BCUT2D eigenvalue weighted by Gasteiger charge is -2.15. The van der Waals surface area contributed by atoms with E-state index in [9.17, 15) is 0 Å². The molecule has 0 aromatic heterocycles. The van der Waals surface area contributed by atoms with Crippen molar-refractivity contribution >= 4 is 11.6 Å². The Labute approximate surface area is 109 Å². The second-order valence-corrected chi connectivity index (χ2v) is 4.40. The van der Waals surface area contributed by atoms with Crippen LogP contribution in [0.2, 0.25) is 5.02 Å².